The third kappa shape index (κ3) is 3.72. The molecule has 0 saturated carbocycles. The molecule has 17 heavy (non-hydrogen) atoms. The summed E-state index contributed by atoms with van der Waals surface area (Å²) in [7, 11) is 0. The molecule has 1 aliphatic heterocycles. The molecule has 1 N–H and O–H groups in total. The quantitative estimate of drug-likeness (QED) is 0.873. The maximum absolute atomic E-state index is 9.48. The summed E-state index contributed by atoms with van der Waals surface area (Å²) in [6.45, 7) is 3.20. The Labute approximate surface area is 102 Å². The van der Waals surface area contributed by atoms with Crippen molar-refractivity contribution in [1.82, 2.24) is 0 Å². The number of aliphatic hydroxyl groups excluding tert-OH is 1. The lowest BCUT2D eigenvalue weighted by Gasteiger charge is -2.22. The Kier molecular flexibility index (Phi) is 4.40. The number of ether oxygens (including phenoxy) is 2. The van der Waals surface area contributed by atoms with Gasteiger partial charge in [0.05, 0.1) is 12.2 Å². The SMILES string of the molecule is CC(O)c1cccc(OCC2CCCCO2)c1. The fourth-order valence-electron chi connectivity index (χ4n) is 1.99. The summed E-state index contributed by atoms with van der Waals surface area (Å²) in [6, 6.07) is 7.59. The van der Waals surface area contributed by atoms with Gasteiger partial charge in [-0.25, -0.2) is 0 Å². The highest BCUT2D eigenvalue weighted by Crippen LogP contribution is 2.20. The molecule has 0 radical (unpaired) electrons. The van der Waals surface area contributed by atoms with Crippen LogP contribution in [-0.4, -0.2) is 24.4 Å². The molecule has 0 bridgehead atoms. The minimum atomic E-state index is -0.454. The highest BCUT2D eigenvalue weighted by molar-refractivity contribution is 5.29. The van der Waals surface area contributed by atoms with E-state index in [2.05, 4.69) is 0 Å². The molecule has 2 rings (SSSR count). The minimum absolute atomic E-state index is 0.221. The van der Waals surface area contributed by atoms with Crippen molar-refractivity contribution in [2.75, 3.05) is 13.2 Å². The lowest BCUT2D eigenvalue weighted by atomic mass is 10.1. The lowest BCUT2D eigenvalue weighted by Crippen LogP contribution is -2.25. The standard InChI is InChI=1S/C14H20O3/c1-11(15)12-5-4-7-13(9-12)17-10-14-6-2-3-8-16-14/h4-5,7,9,11,14-15H,2-3,6,8,10H2,1H3. The van der Waals surface area contributed by atoms with Gasteiger partial charge in [0.15, 0.2) is 0 Å². The highest BCUT2D eigenvalue weighted by Gasteiger charge is 2.14. The van der Waals surface area contributed by atoms with E-state index in [4.69, 9.17) is 9.47 Å². The number of hydrogen-bond donors (Lipinski definition) is 1. The van der Waals surface area contributed by atoms with E-state index in [1.54, 1.807) is 6.92 Å². The molecule has 0 spiro atoms. The van der Waals surface area contributed by atoms with Gasteiger partial charge in [-0.05, 0) is 43.9 Å². The lowest BCUT2D eigenvalue weighted by molar-refractivity contribution is -0.0111. The van der Waals surface area contributed by atoms with Crippen LogP contribution >= 0.6 is 0 Å². The van der Waals surface area contributed by atoms with E-state index in [0.29, 0.717) is 6.61 Å². The molecular weight excluding hydrogens is 216 g/mol. The van der Waals surface area contributed by atoms with Gasteiger partial charge in [0, 0.05) is 6.61 Å². The van der Waals surface area contributed by atoms with Gasteiger partial charge in [-0.3, -0.25) is 0 Å². The molecule has 1 heterocycles. The zero-order valence-corrected chi connectivity index (χ0v) is 10.3. The van der Waals surface area contributed by atoms with E-state index in [1.807, 2.05) is 24.3 Å². The van der Waals surface area contributed by atoms with Crippen LogP contribution in [0.1, 0.15) is 37.9 Å². The van der Waals surface area contributed by atoms with Crippen molar-refractivity contribution in [2.45, 2.75) is 38.4 Å². The third-order valence-electron chi connectivity index (χ3n) is 3.05. The molecule has 3 heteroatoms. The molecule has 94 valence electrons. The fraction of sp³-hybridized carbons (Fsp3) is 0.571. The Hall–Kier alpha value is -1.06. The Morgan fingerprint density at radius 3 is 3.06 bits per heavy atom. The number of aliphatic hydroxyl groups is 1. The maximum atomic E-state index is 9.48. The van der Waals surface area contributed by atoms with Gasteiger partial charge in [-0.1, -0.05) is 12.1 Å². The van der Waals surface area contributed by atoms with Crippen LogP contribution in [0.4, 0.5) is 0 Å². The van der Waals surface area contributed by atoms with Gasteiger partial charge in [0.25, 0.3) is 0 Å². The molecule has 0 amide bonds. The van der Waals surface area contributed by atoms with Crippen molar-refractivity contribution in [3.63, 3.8) is 0 Å². The fourth-order valence-corrected chi connectivity index (χ4v) is 1.99. The number of benzene rings is 1. The van der Waals surface area contributed by atoms with Crippen molar-refractivity contribution >= 4 is 0 Å². The summed E-state index contributed by atoms with van der Waals surface area (Å²) in [6.07, 6.45) is 3.23. The molecule has 1 fully saturated rings. The summed E-state index contributed by atoms with van der Waals surface area (Å²) in [5.41, 5.74) is 0.882. The molecule has 2 atom stereocenters. The summed E-state index contributed by atoms with van der Waals surface area (Å²) in [5.74, 6) is 0.803. The van der Waals surface area contributed by atoms with E-state index in [9.17, 15) is 5.11 Å². The van der Waals surface area contributed by atoms with Crippen molar-refractivity contribution < 1.29 is 14.6 Å². The van der Waals surface area contributed by atoms with Crippen LogP contribution in [0.2, 0.25) is 0 Å². The van der Waals surface area contributed by atoms with Crippen molar-refractivity contribution in [3.05, 3.63) is 29.8 Å². The van der Waals surface area contributed by atoms with E-state index in [1.165, 1.54) is 6.42 Å². The third-order valence-corrected chi connectivity index (χ3v) is 3.05. The van der Waals surface area contributed by atoms with Gasteiger partial charge in [-0.15, -0.1) is 0 Å². The van der Waals surface area contributed by atoms with Crippen LogP contribution in [0, 0.1) is 0 Å². The first-order chi connectivity index (χ1) is 8.25. The Bertz CT molecular complexity index is 343. The number of hydrogen-bond acceptors (Lipinski definition) is 3. The summed E-state index contributed by atoms with van der Waals surface area (Å²) < 4.78 is 11.3. The molecular formula is C14H20O3. The van der Waals surface area contributed by atoms with E-state index in [0.717, 1.165) is 30.8 Å². The van der Waals surface area contributed by atoms with E-state index < -0.39 is 6.10 Å². The summed E-state index contributed by atoms with van der Waals surface area (Å²) >= 11 is 0. The van der Waals surface area contributed by atoms with Crippen LogP contribution in [-0.2, 0) is 4.74 Å². The van der Waals surface area contributed by atoms with Gasteiger partial charge >= 0.3 is 0 Å². The average molecular weight is 236 g/mol. The number of rotatable bonds is 4. The van der Waals surface area contributed by atoms with Crippen LogP contribution < -0.4 is 4.74 Å². The topological polar surface area (TPSA) is 38.7 Å². The Morgan fingerprint density at radius 1 is 1.47 bits per heavy atom. The van der Waals surface area contributed by atoms with Gasteiger partial charge < -0.3 is 14.6 Å². The zero-order chi connectivity index (χ0) is 12.1. The highest BCUT2D eigenvalue weighted by atomic mass is 16.5. The van der Waals surface area contributed by atoms with Crippen LogP contribution in [0.25, 0.3) is 0 Å². The van der Waals surface area contributed by atoms with E-state index >= 15 is 0 Å². The second-order valence-corrected chi connectivity index (χ2v) is 4.55. The predicted molar refractivity (Wildman–Crippen MR) is 66.2 cm³/mol. The molecule has 1 aromatic rings. The van der Waals surface area contributed by atoms with Gasteiger partial charge in [0.1, 0.15) is 12.4 Å². The zero-order valence-electron chi connectivity index (χ0n) is 10.3. The molecule has 2 unspecified atom stereocenters. The van der Waals surface area contributed by atoms with E-state index in [-0.39, 0.29) is 6.10 Å². The van der Waals surface area contributed by atoms with Crippen molar-refractivity contribution in [2.24, 2.45) is 0 Å². The normalized spacial score (nSPS) is 22.1. The molecule has 0 aliphatic carbocycles. The maximum Gasteiger partial charge on any atom is 0.119 e. The summed E-state index contributed by atoms with van der Waals surface area (Å²) in [4.78, 5) is 0. The smallest absolute Gasteiger partial charge is 0.119 e. The summed E-state index contributed by atoms with van der Waals surface area (Å²) in [5, 5.41) is 9.48. The molecule has 1 aliphatic rings. The Balaban J connectivity index is 1.87. The molecule has 1 saturated heterocycles. The first-order valence-electron chi connectivity index (χ1n) is 6.28. The van der Waals surface area contributed by atoms with Crippen LogP contribution in [0.15, 0.2) is 24.3 Å². The Morgan fingerprint density at radius 2 is 2.35 bits per heavy atom. The van der Waals surface area contributed by atoms with Gasteiger partial charge in [-0.2, -0.15) is 0 Å². The second-order valence-electron chi connectivity index (χ2n) is 4.55. The minimum Gasteiger partial charge on any atom is -0.491 e. The van der Waals surface area contributed by atoms with Crippen molar-refractivity contribution in [3.8, 4) is 5.75 Å². The van der Waals surface area contributed by atoms with Crippen LogP contribution in [0.5, 0.6) is 5.75 Å². The average Bonchev–Trinajstić information content (AvgIpc) is 2.38. The molecule has 3 nitrogen and oxygen atoms in total. The first kappa shape index (κ1) is 12.4. The van der Waals surface area contributed by atoms with Crippen molar-refractivity contribution in [1.29, 1.82) is 0 Å². The second kappa shape index (κ2) is 6.03. The largest absolute Gasteiger partial charge is 0.491 e. The molecule has 0 aromatic heterocycles. The van der Waals surface area contributed by atoms with Gasteiger partial charge in [0.2, 0.25) is 0 Å². The first-order valence-corrected chi connectivity index (χ1v) is 6.28. The monoisotopic (exact) mass is 236 g/mol. The molecule has 1 aromatic carbocycles. The predicted octanol–water partition coefficient (Wildman–Crippen LogP) is 2.69. The van der Waals surface area contributed by atoms with Crippen LogP contribution in [0.3, 0.4) is 0 Å².